The maximum absolute atomic E-state index is 12.7. The van der Waals surface area contributed by atoms with Crippen molar-refractivity contribution in [2.24, 2.45) is 5.92 Å². The molecule has 0 radical (unpaired) electrons. The van der Waals surface area contributed by atoms with Gasteiger partial charge in [-0.1, -0.05) is 38.2 Å². The molecule has 2 aliphatic rings. The van der Waals surface area contributed by atoms with E-state index in [2.05, 4.69) is 0 Å². The summed E-state index contributed by atoms with van der Waals surface area (Å²) in [4.78, 5) is 40.0. The van der Waals surface area contributed by atoms with Crippen LogP contribution in [0.15, 0.2) is 24.3 Å². The molecular formula is C22H30N2O4. The van der Waals surface area contributed by atoms with E-state index in [1.807, 2.05) is 4.90 Å². The molecule has 2 fully saturated rings. The Labute approximate surface area is 166 Å². The fourth-order valence-corrected chi connectivity index (χ4v) is 4.16. The number of esters is 1. The molecule has 1 saturated heterocycles. The van der Waals surface area contributed by atoms with Crippen molar-refractivity contribution in [3.63, 3.8) is 0 Å². The van der Waals surface area contributed by atoms with Crippen LogP contribution < -0.4 is 4.74 Å². The van der Waals surface area contributed by atoms with Crippen molar-refractivity contribution in [1.29, 1.82) is 0 Å². The minimum atomic E-state index is -0.412. The zero-order chi connectivity index (χ0) is 19.9. The van der Waals surface area contributed by atoms with Crippen molar-refractivity contribution in [1.82, 2.24) is 9.80 Å². The number of hydrogen-bond acceptors (Lipinski definition) is 4. The van der Waals surface area contributed by atoms with Crippen LogP contribution >= 0.6 is 0 Å². The van der Waals surface area contributed by atoms with Crippen LogP contribution in [-0.4, -0.2) is 53.8 Å². The van der Waals surface area contributed by atoms with Gasteiger partial charge in [-0.3, -0.25) is 14.4 Å². The van der Waals surface area contributed by atoms with Crippen LogP contribution in [0.5, 0.6) is 5.75 Å². The Morgan fingerprint density at radius 1 is 1.00 bits per heavy atom. The highest BCUT2D eigenvalue weighted by molar-refractivity contribution is 5.95. The molecule has 1 aromatic carbocycles. The number of piperazine rings is 1. The molecule has 0 spiro atoms. The summed E-state index contributed by atoms with van der Waals surface area (Å²) >= 11 is 0. The molecule has 0 bridgehead atoms. The number of benzene rings is 1. The highest BCUT2D eigenvalue weighted by Gasteiger charge is 2.25. The maximum atomic E-state index is 12.7. The minimum absolute atomic E-state index is 0.0942. The molecule has 28 heavy (non-hydrogen) atoms. The van der Waals surface area contributed by atoms with Crippen molar-refractivity contribution >= 4 is 17.8 Å². The smallest absolute Gasteiger partial charge is 0.308 e. The Bertz CT molecular complexity index is 704. The normalized spacial score (nSPS) is 18.0. The van der Waals surface area contributed by atoms with E-state index in [0.717, 1.165) is 6.42 Å². The van der Waals surface area contributed by atoms with Crippen LogP contribution in [0.2, 0.25) is 0 Å². The standard InChI is InChI=1S/C22H30N2O4/c1-17(25)28-20-9-5-8-19(16-20)22(27)24-14-12-23(13-15-24)21(26)11-10-18-6-3-2-4-7-18/h5,8-9,16,18H,2-4,6-7,10-15H2,1H3. The summed E-state index contributed by atoms with van der Waals surface area (Å²) in [6, 6.07) is 6.67. The van der Waals surface area contributed by atoms with Crippen LogP contribution in [0, 0.1) is 5.92 Å². The number of rotatable bonds is 5. The molecule has 0 aromatic heterocycles. The van der Waals surface area contributed by atoms with Crippen LogP contribution in [0.25, 0.3) is 0 Å². The molecule has 0 N–H and O–H groups in total. The summed E-state index contributed by atoms with van der Waals surface area (Å²) in [5, 5.41) is 0. The highest BCUT2D eigenvalue weighted by atomic mass is 16.5. The van der Waals surface area contributed by atoms with Gasteiger partial charge in [0.1, 0.15) is 5.75 Å². The first kappa shape index (κ1) is 20.4. The summed E-state index contributed by atoms with van der Waals surface area (Å²) in [6.07, 6.45) is 8.11. The molecule has 0 atom stereocenters. The molecular weight excluding hydrogens is 356 g/mol. The van der Waals surface area contributed by atoms with Crippen LogP contribution in [0.3, 0.4) is 0 Å². The zero-order valence-corrected chi connectivity index (χ0v) is 16.7. The Kier molecular flexibility index (Phi) is 7.06. The maximum Gasteiger partial charge on any atom is 0.308 e. The lowest BCUT2D eigenvalue weighted by molar-refractivity contribution is -0.133. The summed E-state index contributed by atoms with van der Waals surface area (Å²) in [7, 11) is 0. The SMILES string of the molecule is CC(=O)Oc1cccc(C(=O)N2CCN(C(=O)CCC3CCCCC3)CC2)c1. The Morgan fingerprint density at radius 2 is 1.68 bits per heavy atom. The third-order valence-electron chi connectivity index (χ3n) is 5.75. The Morgan fingerprint density at radius 3 is 2.36 bits per heavy atom. The first-order valence-electron chi connectivity index (χ1n) is 10.4. The summed E-state index contributed by atoms with van der Waals surface area (Å²) in [5.74, 6) is 0.794. The van der Waals surface area contributed by atoms with Crippen LogP contribution in [-0.2, 0) is 9.59 Å². The van der Waals surface area contributed by atoms with E-state index in [-0.39, 0.29) is 11.8 Å². The van der Waals surface area contributed by atoms with Crippen molar-refractivity contribution in [2.45, 2.75) is 51.9 Å². The predicted molar refractivity (Wildman–Crippen MR) is 106 cm³/mol. The number of amides is 2. The van der Waals surface area contributed by atoms with E-state index < -0.39 is 5.97 Å². The largest absolute Gasteiger partial charge is 0.427 e. The molecule has 1 saturated carbocycles. The number of carbonyl (C=O) groups excluding carboxylic acids is 3. The second-order valence-electron chi connectivity index (χ2n) is 7.84. The molecule has 3 rings (SSSR count). The van der Waals surface area contributed by atoms with Gasteiger partial charge >= 0.3 is 5.97 Å². The van der Waals surface area contributed by atoms with Gasteiger partial charge in [-0.05, 0) is 30.5 Å². The van der Waals surface area contributed by atoms with Crippen molar-refractivity contribution in [2.75, 3.05) is 26.2 Å². The van der Waals surface area contributed by atoms with Gasteiger partial charge in [-0.15, -0.1) is 0 Å². The molecule has 6 heteroatoms. The van der Waals surface area contributed by atoms with Gasteiger partial charge in [0.05, 0.1) is 0 Å². The third kappa shape index (κ3) is 5.57. The van der Waals surface area contributed by atoms with Gasteiger partial charge in [0.2, 0.25) is 5.91 Å². The van der Waals surface area contributed by atoms with Gasteiger partial charge in [0.15, 0.2) is 0 Å². The minimum Gasteiger partial charge on any atom is -0.427 e. The highest BCUT2D eigenvalue weighted by Crippen LogP contribution is 2.27. The molecule has 6 nitrogen and oxygen atoms in total. The molecule has 0 unspecified atom stereocenters. The second kappa shape index (κ2) is 9.71. The van der Waals surface area contributed by atoms with Crippen LogP contribution in [0.4, 0.5) is 0 Å². The van der Waals surface area contributed by atoms with Gasteiger partial charge in [0.25, 0.3) is 5.91 Å². The van der Waals surface area contributed by atoms with E-state index in [1.54, 1.807) is 29.2 Å². The number of ether oxygens (including phenoxy) is 1. The molecule has 1 heterocycles. The van der Waals surface area contributed by atoms with Crippen molar-refractivity contribution in [3.8, 4) is 5.75 Å². The summed E-state index contributed by atoms with van der Waals surface area (Å²) in [6.45, 7) is 3.56. The van der Waals surface area contributed by atoms with Crippen LogP contribution in [0.1, 0.15) is 62.2 Å². The lowest BCUT2D eigenvalue weighted by Crippen LogP contribution is -2.50. The predicted octanol–water partition coefficient (Wildman–Crippen LogP) is 3.26. The first-order valence-corrected chi connectivity index (χ1v) is 10.4. The molecule has 2 amide bonds. The van der Waals surface area contributed by atoms with E-state index in [1.165, 1.54) is 39.0 Å². The Hall–Kier alpha value is -2.37. The number of nitrogens with zero attached hydrogens (tertiary/aromatic N) is 2. The van der Waals surface area contributed by atoms with Crippen molar-refractivity contribution < 1.29 is 19.1 Å². The quantitative estimate of drug-likeness (QED) is 0.575. The van der Waals surface area contributed by atoms with E-state index in [4.69, 9.17) is 4.74 Å². The van der Waals surface area contributed by atoms with E-state index >= 15 is 0 Å². The lowest BCUT2D eigenvalue weighted by Gasteiger charge is -2.35. The average Bonchev–Trinajstić information content (AvgIpc) is 2.72. The number of carbonyl (C=O) groups is 3. The van der Waals surface area contributed by atoms with E-state index in [0.29, 0.717) is 49.8 Å². The summed E-state index contributed by atoms with van der Waals surface area (Å²) < 4.78 is 5.06. The Balaban J connectivity index is 1.47. The van der Waals surface area contributed by atoms with Gasteiger partial charge < -0.3 is 14.5 Å². The van der Waals surface area contributed by atoms with Gasteiger partial charge in [0, 0.05) is 45.1 Å². The molecule has 1 aromatic rings. The molecule has 152 valence electrons. The third-order valence-corrected chi connectivity index (χ3v) is 5.75. The van der Waals surface area contributed by atoms with Gasteiger partial charge in [-0.25, -0.2) is 0 Å². The van der Waals surface area contributed by atoms with Crippen molar-refractivity contribution in [3.05, 3.63) is 29.8 Å². The second-order valence-corrected chi connectivity index (χ2v) is 7.84. The lowest BCUT2D eigenvalue weighted by atomic mass is 9.86. The monoisotopic (exact) mass is 386 g/mol. The van der Waals surface area contributed by atoms with E-state index in [9.17, 15) is 14.4 Å². The summed E-state index contributed by atoms with van der Waals surface area (Å²) in [5.41, 5.74) is 0.496. The fraction of sp³-hybridized carbons (Fsp3) is 0.591. The molecule has 1 aliphatic carbocycles. The molecule has 1 aliphatic heterocycles. The average molecular weight is 386 g/mol. The number of hydrogen-bond donors (Lipinski definition) is 0. The zero-order valence-electron chi connectivity index (χ0n) is 16.7. The first-order chi connectivity index (χ1) is 13.5. The van der Waals surface area contributed by atoms with Gasteiger partial charge in [-0.2, -0.15) is 0 Å². The topological polar surface area (TPSA) is 66.9 Å². The fourth-order valence-electron chi connectivity index (χ4n) is 4.16.